The van der Waals surface area contributed by atoms with E-state index in [4.69, 9.17) is 10.2 Å². The highest BCUT2D eigenvalue weighted by Crippen LogP contribution is 2.56. The summed E-state index contributed by atoms with van der Waals surface area (Å²) in [4.78, 5) is 0. The summed E-state index contributed by atoms with van der Waals surface area (Å²) in [7, 11) is 0. The number of hydrogen-bond acceptors (Lipinski definition) is 2. The van der Waals surface area contributed by atoms with Gasteiger partial charge in [0.2, 0.25) is 0 Å². The van der Waals surface area contributed by atoms with Crippen molar-refractivity contribution in [1.29, 1.82) is 0 Å². The molecule has 0 fully saturated rings. The molecule has 0 unspecified atom stereocenters. The lowest BCUT2D eigenvalue weighted by molar-refractivity contribution is -0.309. The van der Waals surface area contributed by atoms with Crippen LogP contribution in [0.5, 0.6) is 0 Å². The van der Waals surface area contributed by atoms with Crippen LogP contribution in [0.2, 0.25) is 0 Å². The SMILES string of the molecule is OCCC(c1ccc(C(CCO)(C(F)(F)F)C(F)(F)F)cc1)(C(F)(F)F)C(F)(F)F. The number of benzene rings is 1. The molecule has 1 aromatic rings. The minimum Gasteiger partial charge on any atom is -0.396 e. The lowest BCUT2D eigenvalue weighted by atomic mass is 9.72. The van der Waals surface area contributed by atoms with Crippen molar-refractivity contribution in [3.8, 4) is 0 Å². The Morgan fingerprint density at radius 3 is 0.800 bits per heavy atom. The van der Waals surface area contributed by atoms with E-state index in [1.54, 1.807) is 0 Å². The average molecular weight is 466 g/mol. The van der Waals surface area contributed by atoms with Crippen LogP contribution in [-0.2, 0) is 10.8 Å². The van der Waals surface area contributed by atoms with Crippen molar-refractivity contribution in [2.45, 2.75) is 48.4 Å². The molecule has 0 aliphatic carbocycles. The summed E-state index contributed by atoms with van der Waals surface area (Å²) in [5, 5.41) is 17.5. The third kappa shape index (κ3) is 4.07. The van der Waals surface area contributed by atoms with Gasteiger partial charge in [-0.05, 0) is 24.0 Å². The molecular weight excluding hydrogens is 452 g/mol. The van der Waals surface area contributed by atoms with Crippen molar-refractivity contribution in [2.75, 3.05) is 13.2 Å². The Hall–Kier alpha value is -1.70. The highest BCUT2D eigenvalue weighted by molar-refractivity contribution is 5.38. The van der Waals surface area contributed by atoms with Crippen LogP contribution in [0.1, 0.15) is 24.0 Å². The van der Waals surface area contributed by atoms with Crippen LogP contribution >= 0.6 is 0 Å². The Bertz CT molecular complexity index is 608. The van der Waals surface area contributed by atoms with Gasteiger partial charge in [0.05, 0.1) is 0 Å². The number of halogens is 12. The van der Waals surface area contributed by atoms with Gasteiger partial charge in [-0.1, -0.05) is 24.3 Å². The van der Waals surface area contributed by atoms with E-state index < -0.39 is 72.7 Å². The zero-order chi connectivity index (χ0) is 23.8. The fraction of sp³-hybridized carbons (Fsp3) is 0.625. The molecule has 1 aromatic carbocycles. The standard InChI is InChI=1S/C16H14F12O2/c17-13(18,19)11(5-7-29,14(20,21)22)9-1-2-10(4-3-9)12(6-8-30,15(23,24)25)16(26,27)28/h1-4,29-30H,5-8H2. The lowest BCUT2D eigenvalue weighted by Gasteiger charge is -2.39. The van der Waals surface area contributed by atoms with Gasteiger partial charge >= 0.3 is 24.7 Å². The Morgan fingerprint density at radius 2 is 0.667 bits per heavy atom. The molecule has 0 aliphatic rings. The number of aliphatic hydroxyl groups is 2. The second-order valence-electron chi connectivity index (χ2n) is 6.33. The molecule has 2 N–H and O–H groups in total. The summed E-state index contributed by atoms with van der Waals surface area (Å²) in [5.74, 6) is 0. The Balaban J connectivity index is 3.81. The van der Waals surface area contributed by atoms with Gasteiger partial charge in [-0.2, -0.15) is 52.7 Å². The van der Waals surface area contributed by atoms with Gasteiger partial charge in [0, 0.05) is 13.2 Å². The molecule has 0 spiro atoms. The molecule has 0 aromatic heterocycles. The Labute approximate surface area is 161 Å². The van der Waals surface area contributed by atoms with Gasteiger partial charge < -0.3 is 10.2 Å². The van der Waals surface area contributed by atoms with Crippen LogP contribution in [-0.4, -0.2) is 48.1 Å². The molecule has 0 saturated carbocycles. The van der Waals surface area contributed by atoms with Crippen LogP contribution in [0.4, 0.5) is 52.7 Å². The molecule has 0 aliphatic heterocycles. The number of alkyl halides is 12. The number of aliphatic hydroxyl groups excluding tert-OH is 2. The monoisotopic (exact) mass is 466 g/mol. The maximum Gasteiger partial charge on any atom is 0.407 e. The fourth-order valence-electron chi connectivity index (χ4n) is 3.21. The van der Waals surface area contributed by atoms with Crippen molar-refractivity contribution in [1.82, 2.24) is 0 Å². The van der Waals surface area contributed by atoms with E-state index in [0.717, 1.165) is 0 Å². The molecule has 0 radical (unpaired) electrons. The molecule has 0 amide bonds. The molecule has 0 bridgehead atoms. The summed E-state index contributed by atoms with van der Waals surface area (Å²) in [6.07, 6.45) is -28.2. The summed E-state index contributed by atoms with van der Waals surface area (Å²) in [6.45, 7) is -3.25. The fourth-order valence-corrected chi connectivity index (χ4v) is 3.21. The van der Waals surface area contributed by atoms with E-state index in [1.807, 2.05) is 0 Å². The molecular formula is C16H14F12O2. The molecule has 0 heterocycles. The van der Waals surface area contributed by atoms with Crippen LogP contribution in [0.25, 0.3) is 0 Å². The minimum atomic E-state index is -6.08. The van der Waals surface area contributed by atoms with Gasteiger partial charge in [0.1, 0.15) is 0 Å². The first-order chi connectivity index (χ1) is 13.3. The second-order valence-corrected chi connectivity index (χ2v) is 6.33. The first-order valence-corrected chi connectivity index (χ1v) is 7.93. The molecule has 1 rings (SSSR count). The Morgan fingerprint density at radius 1 is 0.467 bits per heavy atom. The first kappa shape index (κ1) is 26.3. The summed E-state index contributed by atoms with van der Waals surface area (Å²) in [6, 6.07) is -0.573. The summed E-state index contributed by atoms with van der Waals surface area (Å²) in [5.41, 5.74) is -12.8. The maximum absolute atomic E-state index is 13.4. The zero-order valence-electron chi connectivity index (χ0n) is 14.6. The summed E-state index contributed by atoms with van der Waals surface area (Å²) >= 11 is 0. The molecule has 174 valence electrons. The van der Waals surface area contributed by atoms with Crippen LogP contribution in [0, 0.1) is 0 Å². The van der Waals surface area contributed by atoms with E-state index in [-0.39, 0.29) is 24.3 Å². The van der Waals surface area contributed by atoms with Gasteiger partial charge in [0.15, 0.2) is 10.8 Å². The topological polar surface area (TPSA) is 40.5 Å². The van der Waals surface area contributed by atoms with Gasteiger partial charge in [-0.3, -0.25) is 0 Å². The van der Waals surface area contributed by atoms with E-state index in [1.165, 1.54) is 0 Å². The molecule has 14 heteroatoms. The average Bonchev–Trinajstić information content (AvgIpc) is 2.53. The van der Waals surface area contributed by atoms with Crippen molar-refractivity contribution >= 4 is 0 Å². The Kier molecular flexibility index (Phi) is 7.11. The maximum atomic E-state index is 13.4. The van der Waals surface area contributed by atoms with Crippen LogP contribution in [0.15, 0.2) is 24.3 Å². The normalized spacial score (nSPS) is 14.9. The van der Waals surface area contributed by atoms with Crippen LogP contribution < -0.4 is 0 Å². The van der Waals surface area contributed by atoms with Gasteiger partial charge in [0.25, 0.3) is 0 Å². The van der Waals surface area contributed by atoms with Crippen LogP contribution in [0.3, 0.4) is 0 Å². The van der Waals surface area contributed by atoms with Crippen molar-refractivity contribution in [3.05, 3.63) is 35.4 Å². The second kappa shape index (κ2) is 8.09. The molecule has 30 heavy (non-hydrogen) atoms. The minimum absolute atomic E-state index is 0.143. The van der Waals surface area contributed by atoms with E-state index in [2.05, 4.69) is 0 Å². The predicted molar refractivity (Wildman–Crippen MR) is 77.4 cm³/mol. The largest absolute Gasteiger partial charge is 0.407 e. The van der Waals surface area contributed by atoms with Gasteiger partial charge in [-0.25, -0.2) is 0 Å². The zero-order valence-corrected chi connectivity index (χ0v) is 14.6. The quantitative estimate of drug-likeness (QED) is 0.568. The van der Waals surface area contributed by atoms with Crippen molar-refractivity contribution in [2.24, 2.45) is 0 Å². The van der Waals surface area contributed by atoms with Gasteiger partial charge in [-0.15, -0.1) is 0 Å². The first-order valence-electron chi connectivity index (χ1n) is 7.93. The number of rotatable bonds is 6. The van der Waals surface area contributed by atoms with E-state index >= 15 is 0 Å². The smallest absolute Gasteiger partial charge is 0.396 e. The van der Waals surface area contributed by atoms with E-state index in [0.29, 0.717) is 0 Å². The van der Waals surface area contributed by atoms with E-state index in [9.17, 15) is 52.7 Å². The molecule has 0 atom stereocenters. The highest BCUT2D eigenvalue weighted by Gasteiger charge is 2.72. The predicted octanol–water partition coefficient (Wildman–Crippen LogP) is 5.18. The number of hydrogen-bond donors (Lipinski definition) is 2. The third-order valence-corrected chi connectivity index (χ3v) is 4.78. The summed E-state index contributed by atoms with van der Waals surface area (Å²) < 4.78 is 160. The third-order valence-electron chi connectivity index (χ3n) is 4.78. The van der Waals surface area contributed by atoms with Crippen molar-refractivity contribution in [3.63, 3.8) is 0 Å². The van der Waals surface area contributed by atoms with Crippen molar-refractivity contribution < 1.29 is 62.9 Å². The molecule has 2 nitrogen and oxygen atoms in total. The molecule has 0 saturated heterocycles. The lowest BCUT2D eigenvalue weighted by Crippen LogP contribution is -2.55. The highest BCUT2D eigenvalue weighted by atomic mass is 19.4.